The highest BCUT2D eigenvalue weighted by Crippen LogP contribution is 2.58. The van der Waals surface area contributed by atoms with Crippen molar-refractivity contribution in [1.29, 1.82) is 0 Å². The minimum Gasteiger partial charge on any atom is -0.267 e. The van der Waals surface area contributed by atoms with Crippen molar-refractivity contribution in [2.24, 2.45) is 22.4 Å². The SMILES string of the molecule is CC1(C)[C@@H]2CC=C(/C=N\NC(=O)c3ccccc3Cl)[C@H]1C2. The summed E-state index contributed by atoms with van der Waals surface area (Å²) in [7, 11) is 0. The lowest BCUT2D eigenvalue weighted by atomic mass is 9.49. The molecule has 1 N–H and O–H groups in total. The molecule has 21 heavy (non-hydrogen) atoms. The van der Waals surface area contributed by atoms with E-state index < -0.39 is 0 Å². The topological polar surface area (TPSA) is 41.5 Å². The smallest absolute Gasteiger partial charge is 0.267 e. The first kappa shape index (κ1) is 14.3. The number of nitrogens with zero attached hydrogens (tertiary/aromatic N) is 1. The van der Waals surface area contributed by atoms with Gasteiger partial charge in [-0.2, -0.15) is 5.10 Å². The summed E-state index contributed by atoms with van der Waals surface area (Å²) in [6.07, 6.45) is 6.39. The summed E-state index contributed by atoms with van der Waals surface area (Å²) in [5.74, 6) is 1.09. The molecule has 0 radical (unpaired) electrons. The summed E-state index contributed by atoms with van der Waals surface area (Å²) in [5, 5.41) is 4.54. The van der Waals surface area contributed by atoms with E-state index in [2.05, 4.69) is 30.5 Å². The van der Waals surface area contributed by atoms with E-state index in [1.54, 1.807) is 30.5 Å². The zero-order valence-electron chi connectivity index (χ0n) is 12.3. The third kappa shape index (κ3) is 2.51. The summed E-state index contributed by atoms with van der Waals surface area (Å²) in [5.41, 5.74) is 4.60. The number of carbonyl (C=O) groups is 1. The van der Waals surface area contributed by atoms with Crippen molar-refractivity contribution in [2.45, 2.75) is 26.7 Å². The van der Waals surface area contributed by atoms with E-state index in [0.29, 0.717) is 21.9 Å². The highest BCUT2D eigenvalue weighted by Gasteiger charge is 2.50. The molecule has 3 aliphatic carbocycles. The number of amides is 1. The molecule has 0 aliphatic heterocycles. The number of nitrogens with one attached hydrogen (secondary N) is 1. The molecule has 4 rings (SSSR count). The predicted octanol–water partition coefficient (Wildman–Crippen LogP) is 4.05. The predicted molar refractivity (Wildman–Crippen MR) is 85.5 cm³/mol. The van der Waals surface area contributed by atoms with Crippen molar-refractivity contribution in [2.75, 3.05) is 0 Å². The second kappa shape index (κ2) is 5.30. The second-order valence-electron chi connectivity index (χ2n) is 6.43. The van der Waals surface area contributed by atoms with Gasteiger partial charge in [0.15, 0.2) is 0 Å². The fourth-order valence-corrected chi connectivity index (χ4v) is 3.64. The van der Waals surface area contributed by atoms with Gasteiger partial charge >= 0.3 is 0 Å². The lowest BCUT2D eigenvalue weighted by Crippen LogP contribution is -2.48. The van der Waals surface area contributed by atoms with E-state index in [-0.39, 0.29) is 5.91 Å². The summed E-state index contributed by atoms with van der Waals surface area (Å²) in [4.78, 5) is 12.0. The first-order valence-corrected chi connectivity index (χ1v) is 7.66. The van der Waals surface area contributed by atoms with Crippen LogP contribution in [0.3, 0.4) is 0 Å². The molecule has 4 heteroatoms. The quantitative estimate of drug-likeness (QED) is 0.664. The van der Waals surface area contributed by atoms with Crippen LogP contribution >= 0.6 is 11.6 Å². The Morgan fingerprint density at radius 2 is 2.19 bits per heavy atom. The molecule has 0 aromatic heterocycles. The summed E-state index contributed by atoms with van der Waals surface area (Å²) < 4.78 is 0. The second-order valence-corrected chi connectivity index (χ2v) is 6.83. The molecule has 2 bridgehead atoms. The molecule has 3 nitrogen and oxygen atoms in total. The van der Waals surface area contributed by atoms with Crippen LogP contribution in [0.5, 0.6) is 0 Å². The molecule has 0 heterocycles. The molecule has 1 fully saturated rings. The fraction of sp³-hybridized carbons (Fsp3) is 0.412. The average Bonchev–Trinajstić information content (AvgIpc) is 2.47. The number of rotatable bonds is 3. The molecule has 110 valence electrons. The van der Waals surface area contributed by atoms with E-state index >= 15 is 0 Å². The van der Waals surface area contributed by atoms with E-state index in [0.717, 1.165) is 12.3 Å². The minimum atomic E-state index is -0.279. The zero-order chi connectivity index (χ0) is 15.0. The lowest BCUT2D eigenvalue weighted by molar-refractivity contribution is -0.00126. The van der Waals surface area contributed by atoms with Crippen LogP contribution in [0.15, 0.2) is 41.0 Å². The van der Waals surface area contributed by atoms with E-state index in [9.17, 15) is 4.79 Å². The highest BCUT2D eigenvalue weighted by molar-refractivity contribution is 6.33. The van der Waals surface area contributed by atoms with E-state index in [1.165, 1.54) is 12.0 Å². The van der Waals surface area contributed by atoms with Crippen LogP contribution in [0, 0.1) is 17.3 Å². The van der Waals surface area contributed by atoms with Crippen molar-refractivity contribution < 1.29 is 4.79 Å². The van der Waals surface area contributed by atoms with Gasteiger partial charge in [-0.15, -0.1) is 0 Å². The Bertz CT molecular complexity index is 633. The van der Waals surface area contributed by atoms with Gasteiger partial charge in [-0.3, -0.25) is 4.79 Å². The van der Waals surface area contributed by atoms with Crippen molar-refractivity contribution in [3.63, 3.8) is 0 Å². The van der Waals surface area contributed by atoms with Crippen LogP contribution in [0.1, 0.15) is 37.0 Å². The van der Waals surface area contributed by atoms with Crippen LogP contribution in [0.4, 0.5) is 0 Å². The van der Waals surface area contributed by atoms with Gasteiger partial charge in [-0.25, -0.2) is 5.43 Å². The van der Waals surface area contributed by atoms with Crippen LogP contribution in [-0.2, 0) is 0 Å². The monoisotopic (exact) mass is 302 g/mol. The van der Waals surface area contributed by atoms with Crippen molar-refractivity contribution >= 4 is 23.7 Å². The largest absolute Gasteiger partial charge is 0.272 e. The number of hydrogen-bond donors (Lipinski definition) is 1. The van der Waals surface area contributed by atoms with Gasteiger partial charge in [0.1, 0.15) is 0 Å². The summed E-state index contributed by atoms with van der Waals surface area (Å²) in [6.45, 7) is 4.63. The number of fused-ring (bicyclic) bond motifs is 1. The van der Waals surface area contributed by atoms with Gasteiger partial charge < -0.3 is 0 Å². The number of hydrogen-bond acceptors (Lipinski definition) is 2. The first-order valence-electron chi connectivity index (χ1n) is 7.28. The molecule has 0 saturated heterocycles. The molecule has 0 unspecified atom stereocenters. The van der Waals surface area contributed by atoms with Gasteiger partial charge in [-0.05, 0) is 47.8 Å². The molecule has 3 aliphatic rings. The van der Waals surface area contributed by atoms with Crippen molar-refractivity contribution in [3.8, 4) is 0 Å². The minimum absolute atomic E-state index is 0.279. The van der Waals surface area contributed by atoms with E-state index in [4.69, 9.17) is 11.6 Å². The van der Waals surface area contributed by atoms with Gasteiger partial charge in [0, 0.05) is 0 Å². The molecular weight excluding hydrogens is 284 g/mol. The van der Waals surface area contributed by atoms with Crippen LogP contribution in [0.2, 0.25) is 5.02 Å². The van der Waals surface area contributed by atoms with E-state index in [1.807, 2.05) is 0 Å². The Morgan fingerprint density at radius 1 is 1.43 bits per heavy atom. The molecule has 1 saturated carbocycles. The molecule has 2 atom stereocenters. The van der Waals surface area contributed by atoms with Gasteiger partial charge in [0.25, 0.3) is 5.91 Å². The average molecular weight is 303 g/mol. The molecule has 1 aromatic rings. The Morgan fingerprint density at radius 3 is 2.86 bits per heavy atom. The molecule has 0 spiro atoms. The van der Waals surface area contributed by atoms with Gasteiger partial charge in [0.05, 0.1) is 16.8 Å². The number of hydrazone groups is 1. The summed E-state index contributed by atoms with van der Waals surface area (Å²) in [6, 6.07) is 6.96. The van der Waals surface area contributed by atoms with Crippen LogP contribution in [-0.4, -0.2) is 12.1 Å². The number of allylic oxidation sites excluding steroid dienone is 2. The number of halogens is 1. The van der Waals surface area contributed by atoms with Crippen molar-refractivity contribution in [3.05, 3.63) is 46.5 Å². The van der Waals surface area contributed by atoms with Gasteiger partial charge in [-0.1, -0.05) is 43.7 Å². The Hall–Kier alpha value is -1.61. The summed E-state index contributed by atoms with van der Waals surface area (Å²) >= 11 is 5.99. The van der Waals surface area contributed by atoms with Crippen LogP contribution < -0.4 is 5.43 Å². The first-order chi connectivity index (χ1) is 10.00. The fourth-order valence-electron chi connectivity index (χ4n) is 3.42. The lowest BCUT2D eigenvalue weighted by Gasteiger charge is -2.55. The Kier molecular flexibility index (Phi) is 3.62. The highest BCUT2D eigenvalue weighted by atomic mass is 35.5. The van der Waals surface area contributed by atoms with Crippen molar-refractivity contribution in [1.82, 2.24) is 5.43 Å². The van der Waals surface area contributed by atoms with Gasteiger partial charge in [0.2, 0.25) is 0 Å². The maximum atomic E-state index is 12.0. The van der Waals surface area contributed by atoms with Crippen LogP contribution in [0.25, 0.3) is 0 Å². The Labute approximate surface area is 130 Å². The third-order valence-corrected chi connectivity index (χ3v) is 5.34. The standard InChI is InChI=1S/C17H19ClN2O/c1-17(2)12-8-7-11(14(17)9-12)10-19-20-16(21)13-5-3-4-6-15(13)18/h3-7,10,12,14H,8-9H2,1-2H3,(H,20,21)/b19-10-/t12-,14-/m1/s1. The Balaban J connectivity index is 1.65. The zero-order valence-corrected chi connectivity index (χ0v) is 13.0. The third-order valence-electron chi connectivity index (χ3n) is 5.01. The molecule has 1 amide bonds. The normalized spacial score (nSPS) is 26.1. The molecular formula is C17H19ClN2O. The number of carbonyl (C=O) groups excluding carboxylic acids is 1. The molecule has 1 aromatic carbocycles. The maximum Gasteiger partial charge on any atom is 0.272 e. The maximum absolute atomic E-state index is 12.0. The number of benzene rings is 1.